The average molecular weight is 224 g/mol. The standard InChI is InChI=1S/C13H24N2O/c1-4-15(10-11(2)3)12(16)13(14)8-6-5-7-9-13/h2,4-10,14H2,1,3H3. The monoisotopic (exact) mass is 224 g/mol. The molecule has 1 saturated carbocycles. The third-order valence-corrected chi connectivity index (χ3v) is 3.30. The summed E-state index contributed by atoms with van der Waals surface area (Å²) in [7, 11) is 0. The van der Waals surface area contributed by atoms with E-state index >= 15 is 0 Å². The Kier molecular flexibility index (Phi) is 4.54. The van der Waals surface area contributed by atoms with Gasteiger partial charge in [-0.25, -0.2) is 0 Å². The van der Waals surface area contributed by atoms with Crippen molar-refractivity contribution in [2.45, 2.75) is 51.5 Å². The molecule has 0 spiro atoms. The molecule has 0 aromatic heterocycles. The molecule has 0 heterocycles. The molecule has 92 valence electrons. The molecule has 1 fully saturated rings. The van der Waals surface area contributed by atoms with Crippen LogP contribution in [0, 0.1) is 0 Å². The zero-order valence-electron chi connectivity index (χ0n) is 10.6. The number of nitrogens with zero attached hydrogens (tertiary/aromatic N) is 1. The van der Waals surface area contributed by atoms with Gasteiger partial charge < -0.3 is 10.6 Å². The van der Waals surface area contributed by atoms with Crippen molar-refractivity contribution in [3.05, 3.63) is 12.2 Å². The average Bonchev–Trinajstić information content (AvgIpc) is 2.25. The maximum Gasteiger partial charge on any atom is 0.242 e. The Morgan fingerprint density at radius 1 is 1.38 bits per heavy atom. The van der Waals surface area contributed by atoms with Crippen LogP contribution < -0.4 is 5.73 Å². The van der Waals surface area contributed by atoms with Gasteiger partial charge in [-0.1, -0.05) is 31.4 Å². The summed E-state index contributed by atoms with van der Waals surface area (Å²) < 4.78 is 0. The van der Waals surface area contributed by atoms with Gasteiger partial charge in [-0.2, -0.15) is 0 Å². The Labute approximate surface area is 98.7 Å². The summed E-state index contributed by atoms with van der Waals surface area (Å²) in [6.45, 7) is 9.14. The van der Waals surface area contributed by atoms with Gasteiger partial charge in [0.2, 0.25) is 5.91 Å². The first-order chi connectivity index (χ1) is 7.49. The van der Waals surface area contributed by atoms with Crippen LogP contribution in [0.15, 0.2) is 12.2 Å². The van der Waals surface area contributed by atoms with Gasteiger partial charge >= 0.3 is 0 Å². The Balaban J connectivity index is 2.68. The van der Waals surface area contributed by atoms with Crippen molar-refractivity contribution >= 4 is 5.91 Å². The molecule has 0 aromatic rings. The minimum absolute atomic E-state index is 0.109. The fraction of sp³-hybridized carbons (Fsp3) is 0.769. The van der Waals surface area contributed by atoms with E-state index in [-0.39, 0.29) is 5.91 Å². The zero-order chi connectivity index (χ0) is 12.2. The Morgan fingerprint density at radius 3 is 2.38 bits per heavy atom. The van der Waals surface area contributed by atoms with Crippen LogP contribution in [0.3, 0.4) is 0 Å². The highest BCUT2D eigenvalue weighted by molar-refractivity contribution is 5.86. The lowest BCUT2D eigenvalue weighted by Crippen LogP contribution is -2.56. The molecule has 0 aliphatic heterocycles. The van der Waals surface area contributed by atoms with Crippen LogP contribution in [-0.4, -0.2) is 29.4 Å². The van der Waals surface area contributed by atoms with Crippen molar-refractivity contribution < 1.29 is 4.79 Å². The van der Waals surface area contributed by atoms with Crippen LogP contribution in [0.1, 0.15) is 46.0 Å². The predicted molar refractivity (Wildman–Crippen MR) is 67.1 cm³/mol. The number of carbonyl (C=O) groups is 1. The number of amides is 1. The lowest BCUT2D eigenvalue weighted by molar-refractivity contribution is -0.137. The van der Waals surface area contributed by atoms with E-state index in [0.717, 1.165) is 31.3 Å². The lowest BCUT2D eigenvalue weighted by atomic mass is 9.81. The molecule has 1 amide bonds. The van der Waals surface area contributed by atoms with Crippen molar-refractivity contribution in [1.82, 2.24) is 4.90 Å². The molecule has 3 heteroatoms. The molecule has 0 radical (unpaired) electrons. The van der Waals surface area contributed by atoms with Crippen LogP contribution in [-0.2, 0) is 4.79 Å². The van der Waals surface area contributed by atoms with Gasteiger partial charge in [-0.3, -0.25) is 4.79 Å². The van der Waals surface area contributed by atoms with Gasteiger partial charge in [0.05, 0.1) is 5.54 Å². The van der Waals surface area contributed by atoms with Crippen LogP contribution in [0.5, 0.6) is 0 Å². The van der Waals surface area contributed by atoms with Crippen molar-refractivity contribution in [1.29, 1.82) is 0 Å². The Morgan fingerprint density at radius 2 is 1.94 bits per heavy atom. The summed E-state index contributed by atoms with van der Waals surface area (Å²) in [5.41, 5.74) is 6.64. The van der Waals surface area contributed by atoms with E-state index < -0.39 is 5.54 Å². The fourth-order valence-corrected chi connectivity index (χ4v) is 2.36. The van der Waals surface area contributed by atoms with E-state index in [0.29, 0.717) is 13.1 Å². The Bertz CT molecular complexity index is 267. The zero-order valence-corrected chi connectivity index (χ0v) is 10.6. The highest BCUT2D eigenvalue weighted by Gasteiger charge is 2.37. The third kappa shape index (κ3) is 3.08. The summed E-state index contributed by atoms with van der Waals surface area (Å²) in [6.07, 6.45) is 5.02. The quantitative estimate of drug-likeness (QED) is 0.743. The first kappa shape index (κ1) is 13.2. The lowest BCUT2D eigenvalue weighted by Gasteiger charge is -2.36. The molecule has 1 aliphatic rings. The molecule has 0 aromatic carbocycles. The Hall–Kier alpha value is -0.830. The second-order valence-electron chi connectivity index (χ2n) is 4.99. The first-order valence-corrected chi connectivity index (χ1v) is 6.22. The maximum atomic E-state index is 12.3. The van der Waals surface area contributed by atoms with E-state index in [1.807, 2.05) is 18.7 Å². The van der Waals surface area contributed by atoms with Gasteiger partial charge in [-0.05, 0) is 26.7 Å². The molecule has 2 N–H and O–H groups in total. The van der Waals surface area contributed by atoms with Crippen molar-refractivity contribution in [3.63, 3.8) is 0 Å². The first-order valence-electron chi connectivity index (χ1n) is 6.22. The van der Waals surface area contributed by atoms with Crippen LogP contribution >= 0.6 is 0 Å². The molecule has 0 unspecified atom stereocenters. The summed E-state index contributed by atoms with van der Waals surface area (Å²) >= 11 is 0. The topological polar surface area (TPSA) is 46.3 Å². The summed E-state index contributed by atoms with van der Waals surface area (Å²) in [4.78, 5) is 14.2. The fourth-order valence-electron chi connectivity index (χ4n) is 2.36. The van der Waals surface area contributed by atoms with Gasteiger partial charge in [0.25, 0.3) is 0 Å². The third-order valence-electron chi connectivity index (χ3n) is 3.30. The van der Waals surface area contributed by atoms with E-state index in [1.54, 1.807) is 0 Å². The molecular weight excluding hydrogens is 200 g/mol. The van der Waals surface area contributed by atoms with Crippen LogP contribution in [0.2, 0.25) is 0 Å². The smallest absolute Gasteiger partial charge is 0.242 e. The van der Waals surface area contributed by atoms with Crippen LogP contribution in [0.25, 0.3) is 0 Å². The van der Waals surface area contributed by atoms with Gasteiger partial charge in [-0.15, -0.1) is 0 Å². The number of hydrogen-bond donors (Lipinski definition) is 1. The number of rotatable bonds is 4. The van der Waals surface area contributed by atoms with Crippen molar-refractivity contribution in [3.8, 4) is 0 Å². The highest BCUT2D eigenvalue weighted by atomic mass is 16.2. The van der Waals surface area contributed by atoms with Crippen molar-refractivity contribution in [2.24, 2.45) is 5.73 Å². The molecule has 0 bridgehead atoms. The van der Waals surface area contributed by atoms with Crippen LogP contribution in [0.4, 0.5) is 0 Å². The van der Waals surface area contributed by atoms with E-state index in [2.05, 4.69) is 6.58 Å². The SMILES string of the molecule is C=C(C)CN(CC)C(=O)C1(N)CCCCC1. The molecule has 3 nitrogen and oxygen atoms in total. The van der Waals surface area contributed by atoms with Gasteiger partial charge in [0.15, 0.2) is 0 Å². The number of hydrogen-bond acceptors (Lipinski definition) is 2. The van der Waals surface area contributed by atoms with Gasteiger partial charge in [0.1, 0.15) is 0 Å². The minimum Gasteiger partial charge on any atom is -0.337 e. The second kappa shape index (κ2) is 5.48. The molecule has 0 atom stereocenters. The van der Waals surface area contributed by atoms with E-state index in [1.165, 1.54) is 6.42 Å². The molecule has 0 saturated heterocycles. The number of nitrogens with two attached hydrogens (primary N) is 1. The minimum atomic E-state index is -0.607. The largest absolute Gasteiger partial charge is 0.337 e. The molecule has 1 rings (SSSR count). The van der Waals surface area contributed by atoms with Gasteiger partial charge in [0, 0.05) is 13.1 Å². The highest BCUT2D eigenvalue weighted by Crippen LogP contribution is 2.27. The summed E-state index contributed by atoms with van der Waals surface area (Å²) in [5, 5.41) is 0. The predicted octanol–water partition coefficient (Wildman–Crippen LogP) is 2.07. The summed E-state index contributed by atoms with van der Waals surface area (Å²) in [6, 6.07) is 0. The van der Waals surface area contributed by atoms with E-state index in [9.17, 15) is 4.79 Å². The van der Waals surface area contributed by atoms with E-state index in [4.69, 9.17) is 5.73 Å². The summed E-state index contributed by atoms with van der Waals surface area (Å²) in [5.74, 6) is 0.109. The van der Waals surface area contributed by atoms with Crippen molar-refractivity contribution in [2.75, 3.05) is 13.1 Å². The molecule has 1 aliphatic carbocycles. The normalized spacial score (nSPS) is 19.2. The molecular formula is C13H24N2O. The second-order valence-corrected chi connectivity index (χ2v) is 4.99. The number of likely N-dealkylation sites (N-methyl/N-ethyl adjacent to an activating group) is 1. The molecule has 16 heavy (non-hydrogen) atoms. The number of carbonyl (C=O) groups excluding carboxylic acids is 1. The maximum absolute atomic E-state index is 12.3.